The number of nitrogens with one attached hydrogen (secondary N) is 1. The fraction of sp³-hybridized carbons (Fsp3) is 0.407. The van der Waals surface area contributed by atoms with E-state index in [0.717, 1.165) is 51.5 Å². The maximum Gasteiger partial charge on any atom is 0.255 e. The summed E-state index contributed by atoms with van der Waals surface area (Å²) in [5.74, 6) is 0.0929. The molecule has 37 heavy (non-hydrogen) atoms. The molecule has 3 aromatic rings. The fourth-order valence-electron chi connectivity index (χ4n) is 5.66. The molecule has 190 valence electrons. The van der Waals surface area contributed by atoms with E-state index in [1.54, 1.807) is 16.8 Å². The second-order valence-electron chi connectivity index (χ2n) is 10.0. The number of halogens is 1. The third kappa shape index (κ3) is 4.34. The van der Waals surface area contributed by atoms with Gasteiger partial charge in [-0.05, 0) is 38.1 Å². The normalized spacial score (nSPS) is 20.5. The van der Waals surface area contributed by atoms with Crippen molar-refractivity contribution in [3.05, 3.63) is 59.2 Å². The number of piperazine rings is 1. The smallest absolute Gasteiger partial charge is 0.255 e. The molecular weight excluding hydrogens is 471 g/mol. The monoisotopic (exact) mass is 500 g/mol. The highest BCUT2D eigenvalue weighted by molar-refractivity contribution is 6.01. The van der Waals surface area contributed by atoms with E-state index in [-0.39, 0.29) is 23.6 Å². The molecule has 1 atom stereocenters. The Morgan fingerprint density at radius 1 is 1.14 bits per heavy atom. The van der Waals surface area contributed by atoms with Gasteiger partial charge in [0.25, 0.3) is 5.91 Å². The van der Waals surface area contributed by atoms with E-state index in [1.807, 2.05) is 12.3 Å². The molecule has 1 aromatic carbocycles. The Bertz CT molecular complexity index is 1390. The lowest BCUT2D eigenvalue weighted by Crippen LogP contribution is -2.54. The SMILES string of the molecule is CN1CCN([C@@H]2CCCN(c3ccn(-c4cc(-c5c(F)cccc5C#N)nc5c4C(=O)NC5)n3)C2)CC1. The van der Waals surface area contributed by atoms with Crippen molar-refractivity contribution in [2.75, 3.05) is 51.2 Å². The van der Waals surface area contributed by atoms with Crippen LogP contribution in [0.1, 0.15) is 34.5 Å². The Labute approximate surface area is 215 Å². The van der Waals surface area contributed by atoms with Gasteiger partial charge in [-0.1, -0.05) is 6.07 Å². The van der Waals surface area contributed by atoms with E-state index in [1.165, 1.54) is 18.6 Å². The van der Waals surface area contributed by atoms with Crippen molar-refractivity contribution in [3.63, 3.8) is 0 Å². The number of aromatic nitrogens is 3. The minimum Gasteiger partial charge on any atom is -0.354 e. The molecule has 0 radical (unpaired) electrons. The summed E-state index contributed by atoms with van der Waals surface area (Å²) in [6.45, 7) is 6.47. The summed E-state index contributed by atoms with van der Waals surface area (Å²) in [6, 6.07) is 10.6. The van der Waals surface area contributed by atoms with Gasteiger partial charge in [0, 0.05) is 57.6 Å². The molecule has 6 rings (SSSR count). The highest BCUT2D eigenvalue weighted by atomic mass is 19.1. The van der Waals surface area contributed by atoms with Crippen LogP contribution < -0.4 is 10.2 Å². The zero-order valence-electron chi connectivity index (χ0n) is 20.8. The number of fused-ring (bicyclic) bond motifs is 1. The minimum absolute atomic E-state index is 0.131. The van der Waals surface area contributed by atoms with Gasteiger partial charge in [0.1, 0.15) is 5.82 Å². The molecule has 3 aliphatic heterocycles. The van der Waals surface area contributed by atoms with E-state index >= 15 is 0 Å². The van der Waals surface area contributed by atoms with Crippen LogP contribution in [0.15, 0.2) is 36.5 Å². The van der Waals surface area contributed by atoms with Crippen molar-refractivity contribution in [1.29, 1.82) is 5.26 Å². The van der Waals surface area contributed by atoms with Crippen LogP contribution >= 0.6 is 0 Å². The number of pyridine rings is 1. The van der Waals surface area contributed by atoms with Gasteiger partial charge in [0.15, 0.2) is 5.82 Å². The standard InChI is InChI=1S/C27H29FN8O/c1-33-10-12-34(13-11-33)19-5-3-8-35(17-19)24-7-9-36(32-24)23-14-21(31-22-16-30-27(37)26(22)23)25-18(15-29)4-2-6-20(25)28/h2,4,6-7,9,14,19H,3,5,8,10-13,16-17H2,1H3,(H,30,37)/t19-/m1/s1. The lowest BCUT2D eigenvalue weighted by atomic mass is 10.0. The summed E-state index contributed by atoms with van der Waals surface area (Å²) < 4.78 is 16.5. The van der Waals surface area contributed by atoms with Crippen LogP contribution in [0.2, 0.25) is 0 Å². The Morgan fingerprint density at radius 3 is 2.78 bits per heavy atom. The molecule has 10 heteroatoms. The van der Waals surface area contributed by atoms with Crippen molar-refractivity contribution >= 4 is 11.7 Å². The van der Waals surface area contributed by atoms with Crippen molar-refractivity contribution in [1.82, 2.24) is 29.9 Å². The predicted molar refractivity (Wildman–Crippen MR) is 137 cm³/mol. The number of likely N-dealkylation sites (N-methyl/N-ethyl adjacent to an activating group) is 1. The Balaban J connectivity index is 1.33. The number of nitrogens with zero attached hydrogens (tertiary/aromatic N) is 7. The zero-order valence-corrected chi connectivity index (χ0v) is 20.8. The third-order valence-electron chi connectivity index (χ3n) is 7.70. The highest BCUT2D eigenvalue weighted by Crippen LogP contribution is 2.32. The molecule has 5 heterocycles. The summed E-state index contributed by atoms with van der Waals surface area (Å²) in [6.07, 6.45) is 4.13. The summed E-state index contributed by atoms with van der Waals surface area (Å²) in [5.41, 5.74) is 2.12. The van der Waals surface area contributed by atoms with E-state index in [2.05, 4.69) is 38.1 Å². The minimum atomic E-state index is -0.529. The molecule has 9 nitrogen and oxygen atoms in total. The van der Waals surface area contributed by atoms with E-state index in [0.29, 0.717) is 28.7 Å². The van der Waals surface area contributed by atoms with Crippen LogP contribution in [0.4, 0.5) is 10.2 Å². The number of carbonyl (C=O) groups excluding carboxylic acids is 1. The van der Waals surface area contributed by atoms with Gasteiger partial charge in [0.05, 0.1) is 46.4 Å². The number of amides is 1. The zero-order chi connectivity index (χ0) is 25.5. The fourth-order valence-corrected chi connectivity index (χ4v) is 5.66. The number of benzene rings is 1. The third-order valence-corrected chi connectivity index (χ3v) is 7.70. The van der Waals surface area contributed by atoms with Gasteiger partial charge < -0.3 is 15.1 Å². The van der Waals surface area contributed by atoms with Crippen LogP contribution in [0.5, 0.6) is 0 Å². The van der Waals surface area contributed by atoms with Crippen LogP contribution in [0.3, 0.4) is 0 Å². The molecule has 2 saturated heterocycles. The predicted octanol–water partition coefficient (Wildman–Crippen LogP) is 2.40. The summed E-state index contributed by atoms with van der Waals surface area (Å²) in [7, 11) is 2.17. The van der Waals surface area contributed by atoms with Crippen molar-refractivity contribution < 1.29 is 9.18 Å². The summed E-state index contributed by atoms with van der Waals surface area (Å²) in [5, 5.41) is 17.2. The molecule has 1 amide bonds. The molecule has 1 N–H and O–H groups in total. The Kier molecular flexibility index (Phi) is 6.10. The van der Waals surface area contributed by atoms with Crippen molar-refractivity contribution in [2.24, 2.45) is 0 Å². The highest BCUT2D eigenvalue weighted by Gasteiger charge is 2.30. The quantitative estimate of drug-likeness (QED) is 0.588. The lowest BCUT2D eigenvalue weighted by molar-refractivity contribution is 0.0965. The molecule has 0 spiro atoms. The first-order chi connectivity index (χ1) is 18.0. The van der Waals surface area contributed by atoms with Crippen LogP contribution in [0.25, 0.3) is 16.9 Å². The average molecular weight is 501 g/mol. The molecule has 0 unspecified atom stereocenters. The largest absolute Gasteiger partial charge is 0.354 e. The average Bonchev–Trinajstić information content (AvgIpc) is 3.56. The van der Waals surface area contributed by atoms with Crippen LogP contribution in [-0.2, 0) is 6.54 Å². The maximum atomic E-state index is 14.8. The number of carbonyl (C=O) groups is 1. The van der Waals surface area contributed by atoms with Gasteiger partial charge in [-0.15, -0.1) is 0 Å². The van der Waals surface area contributed by atoms with Crippen LogP contribution in [0, 0.1) is 17.1 Å². The molecule has 0 aliphatic carbocycles. The van der Waals surface area contributed by atoms with Gasteiger partial charge in [-0.3, -0.25) is 9.69 Å². The van der Waals surface area contributed by atoms with Gasteiger partial charge in [0.2, 0.25) is 0 Å². The molecule has 2 aromatic heterocycles. The van der Waals surface area contributed by atoms with E-state index < -0.39 is 5.82 Å². The van der Waals surface area contributed by atoms with E-state index in [9.17, 15) is 14.4 Å². The molecular formula is C27H29FN8O. The molecule has 0 bridgehead atoms. The van der Waals surface area contributed by atoms with Gasteiger partial charge in [-0.25, -0.2) is 14.1 Å². The van der Waals surface area contributed by atoms with Crippen molar-refractivity contribution in [2.45, 2.75) is 25.4 Å². The maximum absolute atomic E-state index is 14.8. The van der Waals surface area contributed by atoms with E-state index in [4.69, 9.17) is 5.10 Å². The lowest BCUT2D eigenvalue weighted by Gasteiger charge is -2.42. The number of hydrogen-bond acceptors (Lipinski definition) is 7. The topological polar surface area (TPSA) is 93.3 Å². The number of hydrogen-bond donors (Lipinski definition) is 1. The van der Waals surface area contributed by atoms with Crippen molar-refractivity contribution in [3.8, 4) is 23.0 Å². The van der Waals surface area contributed by atoms with Crippen LogP contribution in [-0.4, -0.2) is 82.8 Å². The van der Waals surface area contributed by atoms with Gasteiger partial charge >= 0.3 is 0 Å². The molecule has 0 saturated carbocycles. The Hall–Kier alpha value is -3.81. The molecule has 3 aliphatic rings. The first-order valence-corrected chi connectivity index (χ1v) is 12.8. The number of piperidine rings is 1. The summed E-state index contributed by atoms with van der Waals surface area (Å²) >= 11 is 0. The first kappa shape index (κ1) is 23.6. The Morgan fingerprint density at radius 2 is 1.97 bits per heavy atom. The number of rotatable bonds is 4. The first-order valence-electron chi connectivity index (χ1n) is 12.8. The second kappa shape index (κ2) is 9.57. The second-order valence-corrected chi connectivity index (χ2v) is 10.0. The van der Waals surface area contributed by atoms with Gasteiger partial charge in [-0.2, -0.15) is 10.4 Å². The molecule has 2 fully saturated rings. The number of anilines is 1. The number of nitriles is 1. The summed E-state index contributed by atoms with van der Waals surface area (Å²) in [4.78, 5) is 24.5.